The molecule has 2 N–H and O–H groups in total. The highest BCUT2D eigenvalue weighted by Crippen LogP contribution is 1.93. The Hall–Kier alpha value is -0.660. The molecule has 96 valence electrons. The van der Waals surface area contributed by atoms with Crippen LogP contribution >= 0.6 is 0 Å². The van der Waals surface area contributed by atoms with E-state index in [0.717, 1.165) is 0 Å². The molecule has 0 amide bonds. The molecule has 1 unspecified atom stereocenters. The van der Waals surface area contributed by atoms with Crippen LogP contribution in [0, 0.1) is 5.92 Å². The van der Waals surface area contributed by atoms with E-state index in [2.05, 4.69) is 14.8 Å². The van der Waals surface area contributed by atoms with E-state index in [4.69, 9.17) is 0 Å². The van der Waals surface area contributed by atoms with Crippen molar-refractivity contribution in [2.45, 2.75) is 13.8 Å². The Morgan fingerprint density at radius 2 is 2.00 bits per heavy atom. The van der Waals surface area contributed by atoms with Crippen LogP contribution in [-0.2, 0) is 19.6 Å². The fourth-order valence-electron chi connectivity index (χ4n) is 1.10. The largest absolute Gasteiger partial charge is 0.465 e. The fraction of sp³-hybridized carbons (Fsp3) is 0.889. The van der Waals surface area contributed by atoms with Gasteiger partial charge >= 0.3 is 5.97 Å². The molecule has 0 aliphatic carbocycles. The number of esters is 1. The van der Waals surface area contributed by atoms with Gasteiger partial charge in [0.15, 0.2) is 5.75 Å². The van der Waals surface area contributed by atoms with E-state index in [9.17, 15) is 13.2 Å². The summed E-state index contributed by atoms with van der Waals surface area (Å²) in [6.45, 7) is 4.74. The van der Waals surface area contributed by atoms with Gasteiger partial charge in [-0.1, -0.05) is 6.92 Å². The van der Waals surface area contributed by atoms with Crippen molar-refractivity contribution in [2.75, 3.05) is 32.5 Å². The van der Waals surface area contributed by atoms with E-state index in [1.54, 1.807) is 14.0 Å². The monoisotopic (exact) mass is 252 g/mol. The number of ether oxygens (including phenoxy) is 1. The minimum Gasteiger partial charge on any atom is -0.465 e. The predicted octanol–water partition coefficient (Wildman–Crippen LogP) is -0.676. The zero-order valence-electron chi connectivity index (χ0n) is 9.95. The molecule has 0 aliphatic rings. The van der Waals surface area contributed by atoms with Gasteiger partial charge in [-0.15, -0.1) is 0 Å². The Morgan fingerprint density at radius 1 is 1.38 bits per heavy atom. The summed E-state index contributed by atoms with van der Waals surface area (Å²) in [4.78, 5) is 11.0. The molecule has 0 saturated heterocycles. The number of sulfonamides is 1. The minimum absolute atomic E-state index is 0.168. The van der Waals surface area contributed by atoms with Crippen LogP contribution in [0.15, 0.2) is 0 Å². The van der Waals surface area contributed by atoms with Crippen molar-refractivity contribution in [3.8, 4) is 0 Å². The molecule has 0 rings (SSSR count). The van der Waals surface area contributed by atoms with E-state index in [0.29, 0.717) is 13.1 Å². The zero-order valence-corrected chi connectivity index (χ0v) is 10.8. The lowest BCUT2D eigenvalue weighted by atomic mass is 10.2. The van der Waals surface area contributed by atoms with E-state index in [1.165, 1.54) is 0 Å². The van der Waals surface area contributed by atoms with Crippen LogP contribution in [-0.4, -0.2) is 46.9 Å². The number of hydrogen-bond donors (Lipinski definition) is 2. The van der Waals surface area contributed by atoms with Gasteiger partial charge in [0.1, 0.15) is 0 Å². The third-order valence-electron chi connectivity index (χ3n) is 1.82. The topological polar surface area (TPSA) is 84.5 Å². The number of carbonyl (C=O) groups excluding carboxylic acids is 1. The van der Waals surface area contributed by atoms with Gasteiger partial charge in [0, 0.05) is 6.54 Å². The molecule has 0 saturated carbocycles. The van der Waals surface area contributed by atoms with Crippen molar-refractivity contribution in [1.29, 1.82) is 0 Å². The van der Waals surface area contributed by atoms with Crippen LogP contribution in [0.3, 0.4) is 0 Å². The molecule has 0 aromatic heterocycles. The Kier molecular flexibility index (Phi) is 7.27. The van der Waals surface area contributed by atoms with Crippen molar-refractivity contribution in [1.82, 2.24) is 10.0 Å². The number of rotatable bonds is 8. The fourth-order valence-corrected chi connectivity index (χ4v) is 2.13. The summed E-state index contributed by atoms with van der Waals surface area (Å²) in [6.07, 6.45) is 0. The number of carbonyl (C=O) groups is 1. The van der Waals surface area contributed by atoms with Gasteiger partial charge in [-0.3, -0.25) is 4.79 Å². The summed E-state index contributed by atoms with van der Waals surface area (Å²) in [7, 11) is -1.77. The van der Waals surface area contributed by atoms with Gasteiger partial charge in [0.25, 0.3) is 0 Å². The van der Waals surface area contributed by atoms with E-state index >= 15 is 0 Å². The summed E-state index contributed by atoms with van der Waals surface area (Å²) >= 11 is 0. The van der Waals surface area contributed by atoms with Gasteiger partial charge in [0.05, 0.1) is 6.61 Å². The van der Waals surface area contributed by atoms with E-state index in [1.807, 2.05) is 6.92 Å². The molecule has 0 aliphatic heterocycles. The van der Waals surface area contributed by atoms with E-state index in [-0.39, 0.29) is 12.5 Å². The summed E-state index contributed by atoms with van der Waals surface area (Å²) in [5.74, 6) is -1.18. The third kappa shape index (κ3) is 7.61. The quantitative estimate of drug-likeness (QED) is 0.559. The average molecular weight is 252 g/mol. The second-order valence-corrected chi connectivity index (χ2v) is 5.38. The first-order valence-corrected chi connectivity index (χ1v) is 6.84. The third-order valence-corrected chi connectivity index (χ3v) is 3.04. The van der Waals surface area contributed by atoms with Crippen LogP contribution in [0.25, 0.3) is 0 Å². The first-order chi connectivity index (χ1) is 7.41. The number of nitrogens with one attached hydrogen (secondary N) is 2. The standard InChI is InChI=1S/C9H20N2O4S/c1-4-15-9(12)7-16(13,14)11-6-8(2)5-10-3/h8,10-11H,4-7H2,1-3H3. The normalized spacial score (nSPS) is 13.4. The van der Waals surface area contributed by atoms with Crippen molar-refractivity contribution >= 4 is 16.0 Å². The predicted molar refractivity (Wildman–Crippen MR) is 61.5 cm³/mol. The summed E-state index contributed by atoms with van der Waals surface area (Å²) in [5.41, 5.74) is 0. The lowest BCUT2D eigenvalue weighted by Crippen LogP contribution is -2.36. The molecular formula is C9H20N2O4S. The molecule has 16 heavy (non-hydrogen) atoms. The highest BCUT2D eigenvalue weighted by Gasteiger charge is 2.17. The molecule has 0 radical (unpaired) electrons. The maximum atomic E-state index is 11.4. The maximum absolute atomic E-state index is 11.4. The van der Waals surface area contributed by atoms with E-state index < -0.39 is 21.7 Å². The molecule has 0 aromatic carbocycles. The SMILES string of the molecule is CCOC(=O)CS(=O)(=O)NCC(C)CNC. The Labute approximate surface area is 96.8 Å². The molecule has 0 aromatic rings. The van der Waals surface area contributed by atoms with Crippen molar-refractivity contribution < 1.29 is 17.9 Å². The summed E-state index contributed by atoms with van der Waals surface area (Å²) in [5, 5.41) is 2.94. The molecule has 0 heterocycles. The van der Waals surface area contributed by atoms with Crippen molar-refractivity contribution in [2.24, 2.45) is 5.92 Å². The Morgan fingerprint density at radius 3 is 2.50 bits per heavy atom. The maximum Gasteiger partial charge on any atom is 0.322 e. The second-order valence-electron chi connectivity index (χ2n) is 3.58. The van der Waals surface area contributed by atoms with Gasteiger partial charge in [0.2, 0.25) is 10.0 Å². The van der Waals surface area contributed by atoms with Gasteiger partial charge in [-0.2, -0.15) is 0 Å². The lowest BCUT2D eigenvalue weighted by molar-refractivity contribution is -0.139. The van der Waals surface area contributed by atoms with Gasteiger partial charge < -0.3 is 10.1 Å². The number of hydrogen-bond acceptors (Lipinski definition) is 5. The van der Waals surface area contributed by atoms with Crippen LogP contribution in [0.2, 0.25) is 0 Å². The average Bonchev–Trinajstić information content (AvgIpc) is 2.15. The lowest BCUT2D eigenvalue weighted by Gasteiger charge is -2.11. The minimum atomic E-state index is -3.57. The second kappa shape index (κ2) is 7.59. The summed E-state index contributed by atoms with van der Waals surface area (Å²) in [6, 6.07) is 0. The highest BCUT2D eigenvalue weighted by atomic mass is 32.2. The molecule has 0 fully saturated rings. The Balaban J connectivity index is 4.01. The highest BCUT2D eigenvalue weighted by molar-refractivity contribution is 7.90. The van der Waals surface area contributed by atoms with Gasteiger partial charge in [-0.25, -0.2) is 13.1 Å². The first-order valence-electron chi connectivity index (χ1n) is 5.18. The van der Waals surface area contributed by atoms with Crippen LogP contribution in [0.1, 0.15) is 13.8 Å². The van der Waals surface area contributed by atoms with Crippen molar-refractivity contribution in [3.63, 3.8) is 0 Å². The molecule has 1 atom stereocenters. The molecule has 0 spiro atoms. The van der Waals surface area contributed by atoms with Gasteiger partial charge in [-0.05, 0) is 26.4 Å². The molecule has 7 heteroatoms. The van der Waals surface area contributed by atoms with Crippen molar-refractivity contribution in [3.05, 3.63) is 0 Å². The zero-order chi connectivity index (χ0) is 12.6. The molecule has 6 nitrogen and oxygen atoms in total. The smallest absolute Gasteiger partial charge is 0.322 e. The first kappa shape index (κ1) is 15.3. The summed E-state index contributed by atoms with van der Waals surface area (Å²) < 4.78 is 29.7. The van der Waals surface area contributed by atoms with Crippen LogP contribution in [0.5, 0.6) is 0 Å². The van der Waals surface area contributed by atoms with Crippen LogP contribution < -0.4 is 10.0 Å². The molecule has 0 bridgehead atoms. The Bertz CT molecular complexity index is 303. The molecular weight excluding hydrogens is 232 g/mol. The van der Waals surface area contributed by atoms with Crippen LogP contribution in [0.4, 0.5) is 0 Å².